The van der Waals surface area contributed by atoms with Gasteiger partial charge in [0.25, 0.3) is 0 Å². The van der Waals surface area contributed by atoms with E-state index in [4.69, 9.17) is 0 Å². The fraction of sp³-hybridized carbons (Fsp3) is 0.300. The molecular formula is C20H20N2S2. The molecule has 2 unspecified atom stereocenters. The summed E-state index contributed by atoms with van der Waals surface area (Å²) in [5.41, 5.74) is 1.76. The molecule has 24 heavy (non-hydrogen) atoms. The third-order valence-corrected chi connectivity index (χ3v) is 6.73. The van der Waals surface area contributed by atoms with Crippen molar-refractivity contribution >= 4 is 23.5 Å². The van der Waals surface area contributed by atoms with E-state index in [1.54, 1.807) is 0 Å². The zero-order valence-corrected chi connectivity index (χ0v) is 15.5. The molecule has 0 heterocycles. The predicted octanol–water partition coefficient (Wildman–Crippen LogP) is 5.33. The molecule has 0 saturated heterocycles. The summed E-state index contributed by atoms with van der Waals surface area (Å²) in [6.45, 7) is 4.06. The highest BCUT2D eigenvalue weighted by molar-refractivity contribution is 8.04. The van der Waals surface area contributed by atoms with Crippen LogP contribution in [0.15, 0.2) is 60.7 Å². The van der Waals surface area contributed by atoms with Crippen molar-refractivity contribution in [2.45, 2.75) is 23.3 Å². The predicted molar refractivity (Wildman–Crippen MR) is 104 cm³/mol. The summed E-state index contributed by atoms with van der Waals surface area (Å²) in [5.74, 6) is 1.51. The van der Waals surface area contributed by atoms with Gasteiger partial charge in [-0.15, -0.1) is 23.5 Å². The first kappa shape index (κ1) is 18.5. The van der Waals surface area contributed by atoms with Gasteiger partial charge in [0, 0.05) is 0 Å². The highest BCUT2D eigenvalue weighted by Gasteiger charge is 2.55. The van der Waals surface area contributed by atoms with E-state index in [1.807, 2.05) is 74.5 Å². The quantitative estimate of drug-likeness (QED) is 0.675. The molecule has 0 aliphatic heterocycles. The van der Waals surface area contributed by atoms with Crippen LogP contribution >= 0.6 is 23.5 Å². The third kappa shape index (κ3) is 3.05. The van der Waals surface area contributed by atoms with Crippen molar-refractivity contribution in [2.75, 3.05) is 11.5 Å². The molecule has 2 aromatic carbocycles. The first-order chi connectivity index (χ1) is 11.7. The number of thioether (sulfide) groups is 2. The van der Waals surface area contributed by atoms with E-state index in [9.17, 15) is 10.5 Å². The van der Waals surface area contributed by atoms with Gasteiger partial charge in [0.2, 0.25) is 0 Å². The Bertz CT molecular complexity index is 668. The summed E-state index contributed by atoms with van der Waals surface area (Å²) in [5, 5.41) is 20.6. The molecule has 0 N–H and O–H groups in total. The first-order valence-electron chi connectivity index (χ1n) is 7.92. The van der Waals surface area contributed by atoms with E-state index < -0.39 is 9.49 Å². The van der Waals surface area contributed by atoms with Crippen LogP contribution in [0.5, 0.6) is 0 Å². The Hall–Kier alpha value is -1.88. The molecule has 2 atom stereocenters. The molecule has 0 saturated carbocycles. The molecule has 2 nitrogen and oxygen atoms in total. The summed E-state index contributed by atoms with van der Waals surface area (Å²) in [4.78, 5) is 0. The van der Waals surface area contributed by atoms with Gasteiger partial charge < -0.3 is 0 Å². The van der Waals surface area contributed by atoms with Crippen LogP contribution in [-0.2, 0) is 9.49 Å². The number of benzene rings is 2. The van der Waals surface area contributed by atoms with Gasteiger partial charge in [-0.2, -0.15) is 10.5 Å². The normalized spacial score (nSPS) is 15.5. The number of rotatable bonds is 7. The van der Waals surface area contributed by atoms with Crippen molar-refractivity contribution < 1.29 is 0 Å². The number of nitrogens with zero attached hydrogens (tertiary/aromatic N) is 2. The van der Waals surface area contributed by atoms with E-state index in [0.717, 1.165) is 22.6 Å². The van der Waals surface area contributed by atoms with Gasteiger partial charge in [-0.3, -0.25) is 0 Å². The zero-order valence-electron chi connectivity index (χ0n) is 13.9. The minimum atomic E-state index is -0.972. The second-order valence-corrected chi connectivity index (χ2v) is 8.14. The minimum Gasteiger partial charge on any atom is -0.196 e. The molecule has 0 radical (unpaired) electrons. The Balaban J connectivity index is 2.81. The van der Waals surface area contributed by atoms with E-state index in [1.165, 1.54) is 23.5 Å². The van der Waals surface area contributed by atoms with Crippen LogP contribution in [-0.4, -0.2) is 11.5 Å². The summed E-state index contributed by atoms with van der Waals surface area (Å²) < 4.78 is -1.94. The van der Waals surface area contributed by atoms with Crippen molar-refractivity contribution in [3.8, 4) is 12.1 Å². The summed E-state index contributed by atoms with van der Waals surface area (Å²) >= 11 is 3.08. The molecule has 0 aliphatic carbocycles. The topological polar surface area (TPSA) is 47.6 Å². The molecular weight excluding hydrogens is 332 g/mol. The second-order valence-electron chi connectivity index (χ2n) is 5.18. The molecule has 4 heteroatoms. The molecule has 2 aromatic rings. The van der Waals surface area contributed by atoms with E-state index >= 15 is 0 Å². The number of hydrogen-bond donors (Lipinski definition) is 0. The number of hydrogen-bond acceptors (Lipinski definition) is 4. The lowest BCUT2D eigenvalue weighted by Crippen LogP contribution is -2.43. The molecule has 2 rings (SSSR count). The Morgan fingerprint density at radius 3 is 1.29 bits per heavy atom. The summed E-state index contributed by atoms with van der Waals surface area (Å²) in [6, 6.07) is 24.5. The third-order valence-electron chi connectivity index (χ3n) is 3.89. The molecule has 0 bridgehead atoms. The van der Waals surface area contributed by atoms with Crippen LogP contribution in [0.4, 0.5) is 0 Å². The summed E-state index contributed by atoms with van der Waals surface area (Å²) in [6.07, 6.45) is 0. The van der Waals surface area contributed by atoms with Crippen molar-refractivity contribution in [1.82, 2.24) is 0 Å². The molecule has 122 valence electrons. The minimum absolute atomic E-state index is 0.753. The van der Waals surface area contributed by atoms with Crippen LogP contribution in [0.1, 0.15) is 25.0 Å². The number of nitriles is 2. The second kappa shape index (κ2) is 8.29. The Labute approximate surface area is 152 Å². The fourth-order valence-corrected chi connectivity index (χ4v) is 5.59. The van der Waals surface area contributed by atoms with Crippen LogP contribution < -0.4 is 0 Å². The van der Waals surface area contributed by atoms with Crippen LogP contribution in [0.2, 0.25) is 0 Å². The monoisotopic (exact) mass is 352 g/mol. The van der Waals surface area contributed by atoms with Gasteiger partial charge in [0.15, 0.2) is 9.49 Å². The van der Waals surface area contributed by atoms with Crippen molar-refractivity contribution in [3.63, 3.8) is 0 Å². The highest BCUT2D eigenvalue weighted by Crippen LogP contribution is 2.57. The molecule has 0 aliphatic rings. The SMILES string of the molecule is CCSC(C#N)(c1ccccc1)C(C#N)(SCC)c1ccccc1. The standard InChI is InChI=1S/C20H20N2S2/c1-3-23-19(15-21,17-11-7-5-8-12-17)20(16-22,24-4-2)18-13-9-6-10-14-18/h5-14H,3-4H2,1-2H3. The molecule has 0 aromatic heterocycles. The Morgan fingerprint density at radius 2 is 1.04 bits per heavy atom. The zero-order chi connectivity index (χ0) is 17.5. The largest absolute Gasteiger partial charge is 0.196 e. The summed E-state index contributed by atoms with van der Waals surface area (Å²) in [7, 11) is 0. The van der Waals surface area contributed by atoms with Gasteiger partial charge in [0.05, 0.1) is 12.1 Å². The van der Waals surface area contributed by atoms with Gasteiger partial charge >= 0.3 is 0 Å². The smallest absolute Gasteiger partial charge is 0.159 e. The molecule has 0 fully saturated rings. The average Bonchev–Trinajstić information content (AvgIpc) is 2.66. The first-order valence-corrected chi connectivity index (χ1v) is 9.89. The van der Waals surface area contributed by atoms with Crippen molar-refractivity contribution in [1.29, 1.82) is 10.5 Å². The van der Waals surface area contributed by atoms with Crippen molar-refractivity contribution in [2.24, 2.45) is 0 Å². The van der Waals surface area contributed by atoms with E-state index in [0.29, 0.717) is 0 Å². The van der Waals surface area contributed by atoms with Gasteiger partial charge in [-0.25, -0.2) is 0 Å². The van der Waals surface area contributed by atoms with Crippen LogP contribution in [0.3, 0.4) is 0 Å². The van der Waals surface area contributed by atoms with Crippen LogP contribution in [0.25, 0.3) is 0 Å². The highest BCUT2D eigenvalue weighted by atomic mass is 32.2. The maximum Gasteiger partial charge on any atom is 0.159 e. The lowest BCUT2D eigenvalue weighted by Gasteiger charge is -2.41. The van der Waals surface area contributed by atoms with Crippen LogP contribution in [0, 0.1) is 22.7 Å². The Kier molecular flexibility index (Phi) is 6.37. The fourth-order valence-electron chi connectivity index (χ4n) is 2.91. The molecule has 0 spiro atoms. The maximum absolute atomic E-state index is 10.3. The van der Waals surface area contributed by atoms with Crippen molar-refractivity contribution in [3.05, 3.63) is 71.8 Å². The van der Waals surface area contributed by atoms with Gasteiger partial charge in [0.1, 0.15) is 0 Å². The van der Waals surface area contributed by atoms with E-state index in [2.05, 4.69) is 12.1 Å². The van der Waals surface area contributed by atoms with Gasteiger partial charge in [-0.05, 0) is 22.6 Å². The lowest BCUT2D eigenvalue weighted by molar-refractivity contribution is 0.645. The van der Waals surface area contributed by atoms with Gasteiger partial charge in [-0.1, -0.05) is 74.5 Å². The van der Waals surface area contributed by atoms with E-state index in [-0.39, 0.29) is 0 Å². The Morgan fingerprint density at radius 1 is 0.708 bits per heavy atom. The average molecular weight is 353 g/mol. The maximum atomic E-state index is 10.3. The molecule has 0 amide bonds. The lowest BCUT2D eigenvalue weighted by atomic mass is 9.81.